The number of H-pyrrole nitrogens is 1. The number of carboxylic acid groups (broad SMARTS) is 1. The third-order valence-corrected chi connectivity index (χ3v) is 3.46. The van der Waals surface area contributed by atoms with Crippen molar-refractivity contribution in [3.8, 4) is 0 Å². The predicted octanol–water partition coefficient (Wildman–Crippen LogP) is 2.17. The van der Waals surface area contributed by atoms with Crippen LogP contribution >= 0.6 is 11.3 Å². The third kappa shape index (κ3) is 1.97. The van der Waals surface area contributed by atoms with Gasteiger partial charge in [0, 0.05) is 0 Å². The minimum atomic E-state index is -1.02. The minimum Gasteiger partial charge on any atom is -0.477 e. The van der Waals surface area contributed by atoms with Crippen LogP contribution in [0.3, 0.4) is 0 Å². The Morgan fingerprint density at radius 2 is 2.32 bits per heavy atom. The lowest BCUT2D eigenvalue weighted by molar-refractivity contribution is 0.0702. The van der Waals surface area contributed by atoms with E-state index in [4.69, 9.17) is 9.52 Å². The van der Waals surface area contributed by atoms with Gasteiger partial charge in [-0.1, -0.05) is 0 Å². The highest BCUT2D eigenvalue weighted by molar-refractivity contribution is 7.20. The van der Waals surface area contributed by atoms with Crippen molar-refractivity contribution in [2.24, 2.45) is 0 Å². The fourth-order valence-electron chi connectivity index (χ4n) is 1.59. The maximum atomic E-state index is 11.8. The molecule has 19 heavy (non-hydrogen) atoms. The largest absolute Gasteiger partial charge is 0.477 e. The number of thiophene rings is 1. The molecular formula is C11H7N3O4S. The summed E-state index contributed by atoms with van der Waals surface area (Å²) in [7, 11) is 0. The number of nitrogens with zero attached hydrogens (tertiary/aromatic N) is 1. The standard InChI is InChI=1S/C11H7N3O4S/c15-9(6-2-1-3-18-6)12-8-5-4-7(11(16)17)19-10(5)14-13-8/h1-4H,(H,16,17)(H2,12,13,14,15). The smallest absolute Gasteiger partial charge is 0.345 e. The molecule has 3 aromatic rings. The molecule has 3 aromatic heterocycles. The highest BCUT2D eigenvalue weighted by atomic mass is 32.1. The first-order valence-electron chi connectivity index (χ1n) is 5.21. The van der Waals surface area contributed by atoms with Gasteiger partial charge in [-0.3, -0.25) is 9.89 Å². The van der Waals surface area contributed by atoms with E-state index in [-0.39, 0.29) is 10.6 Å². The molecule has 0 spiro atoms. The molecule has 0 aliphatic heterocycles. The molecule has 0 unspecified atom stereocenters. The fourth-order valence-corrected chi connectivity index (χ4v) is 2.43. The van der Waals surface area contributed by atoms with Crippen molar-refractivity contribution in [1.29, 1.82) is 0 Å². The van der Waals surface area contributed by atoms with E-state index >= 15 is 0 Å². The second kappa shape index (κ2) is 4.25. The number of aromatic nitrogens is 2. The summed E-state index contributed by atoms with van der Waals surface area (Å²) in [6.45, 7) is 0. The number of furan rings is 1. The molecular weight excluding hydrogens is 270 g/mol. The number of aromatic amines is 1. The van der Waals surface area contributed by atoms with Crippen molar-refractivity contribution in [3.63, 3.8) is 0 Å². The zero-order valence-electron chi connectivity index (χ0n) is 9.34. The summed E-state index contributed by atoms with van der Waals surface area (Å²) in [6.07, 6.45) is 1.39. The number of amides is 1. The zero-order valence-corrected chi connectivity index (χ0v) is 10.2. The van der Waals surface area contributed by atoms with Gasteiger partial charge in [-0.15, -0.1) is 11.3 Å². The molecule has 0 radical (unpaired) electrons. The average Bonchev–Trinajstić information content (AvgIpc) is 3.05. The molecule has 0 saturated heterocycles. The lowest BCUT2D eigenvalue weighted by atomic mass is 10.3. The number of carbonyl (C=O) groups excluding carboxylic acids is 1. The van der Waals surface area contributed by atoms with Crippen LogP contribution in [0.4, 0.5) is 5.82 Å². The van der Waals surface area contributed by atoms with Gasteiger partial charge in [0.25, 0.3) is 5.91 Å². The topological polar surface area (TPSA) is 108 Å². The summed E-state index contributed by atoms with van der Waals surface area (Å²) in [5.41, 5.74) is 0. The number of anilines is 1. The summed E-state index contributed by atoms with van der Waals surface area (Å²) >= 11 is 1.03. The van der Waals surface area contributed by atoms with Gasteiger partial charge in [0.05, 0.1) is 11.6 Å². The van der Waals surface area contributed by atoms with Crippen LogP contribution < -0.4 is 5.32 Å². The van der Waals surface area contributed by atoms with Gasteiger partial charge in [-0.05, 0) is 18.2 Å². The lowest BCUT2D eigenvalue weighted by Crippen LogP contribution is -2.11. The molecule has 0 saturated carbocycles. The van der Waals surface area contributed by atoms with E-state index in [1.165, 1.54) is 18.4 Å². The molecule has 0 fully saturated rings. The quantitative estimate of drug-likeness (QED) is 0.679. The van der Waals surface area contributed by atoms with Crippen LogP contribution in [0, 0.1) is 0 Å². The maximum absolute atomic E-state index is 11.8. The van der Waals surface area contributed by atoms with Crippen LogP contribution in [-0.4, -0.2) is 27.2 Å². The van der Waals surface area contributed by atoms with Crippen LogP contribution in [0.15, 0.2) is 28.9 Å². The molecule has 8 heteroatoms. The van der Waals surface area contributed by atoms with Gasteiger partial charge < -0.3 is 14.8 Å². The van der Waals surface area contributed by atoms with E-state index in [2.05, 4.69) is 15.5 Å². The Morgan fingerprint density at radius 1 is 1.47 bits per heavy atom. The van der Waals surface area contributed by atoms with Gasteiger partial charge in [-0.2, -0.15) is 5.10 Å². The summed E-state index contributed by atoms with van der Waals surface area (Å²) < 4.78 is 4.96. The van der Waals surface area contributed by atoms with E-state index in [9.17, 15) is 9.59 Å². The van der Waals surface area contributed by atoms with E-state index in [0.717, 1.165) is 11.3 Å². The molecule has 0 aromatic carbocycles. The number of hydrogen-bond acceptors (Lipinski definition) is 5. The molecule has 0 bridgehead atoms. The van der Waals surface area contributed by atoms with Crippen molar-refractivity contribution in [1.82, 2.24) is 10.2 Å². The van der Waals surface area contributed by atoms with Gasteiger partial charge in [0.1, 0.15) is 15.5 Å². The Hall–Kier alpha value is -2.61. The minimum absolute atomic E-state index is 0.163. The van der Waals surface area contributed by atoms with Crippen molar-refractivity contribution >= 4 is 39.2 Å². The summed E-state index contributed by atoms with van der Waals surface area (Å²) in [6, 6.07) is 4.59. The van der Waals surface area contributed by atoms with Crippen LogP contribution in [-0.2, 0) is 0 Å². The number of nitrogens with one attached hydrogen (secondary N) is 2. The number of rotatable bonds is 3. The summed E-state index contributed by atoms with van der Waals surface area (Å²) in [5, 5.41) is 18.6. The third-order valence-electron chi connectivity index (χ3n) is 2.45. The lowest BCUT2D eigenvalue weighted by Gasteiger charge is -1.98. The second-order valence-corrected chi connectivity index (χ2v) is 4.70. The van der Waals surface area contributed by atoms with E-state index in [0.29, 0.717) is 16.0 Å². The fraction of sp³-hybridized carbons (Fsp3) is 0. The van der Waals surface area contributed by atoms with Gasteiger partial charge in [-0.25, -0.2) is 4.79 Å². The van der Waals surface area contributed by atoms with E-state index < -0.39 is 11.9 Å². The molecule has 3 N–H and O–H groups in total. The number of aromatic carboxylic acids is 1. The normalized spacial score (nSPS) is 10.7. The predicted molar refractivity (Wildman–Crippen MR) is 67.6 cm³/mol. The Morgan fingerprint density at radius 3 is 3.00 bits per heavy atom. The monoisotopic (exact) mass is 277 g/mol. The van der Waals surface area contributed by atoms with Crippen molar-refractivity contribution in [2.75, 3.05) is 5.32 Å². The molecule has 96 valence electrons. The first-order valence-corrected chi connectivity index (χ1v) is 6.03. The van der Waals surface area contributed by atoms with Crippen LogP contribution in [0.25, 0.3) is 10.2 Å². The van der Waals surface area contributed by atoms with E-state index in [1.54, 1.807) is 6.07 Å². The molecule has 0 atom stereocenters. The Balaban J connectivity index is 1.93. The Labute approximate surface area is 109 Å². The van der Waals surface area contributed by atoms with Crippen molar-refractivity contribution in [3.05, 3.63) is 35.1 Å². The molecule has 3 heterocycles. The van der Waals surface area contributed by atoms with E-state index in [1.807, 2.05) is 0 Å². The Bertz CT molecular complexity index is 756. The van der Waals surface area contributed by atoms with Crippen LogP contribution in [0.1, 0.15) is 20.2 Å². The number of carboxylic acids is 1. The molecule has 3 rings (SSSR count). The first-order chi connectivity index (χ1) is 9.15. The second-order valence-electron chi connectivity index (χ2n) is 3.66. The molecule has 0 aliphatic carbocycles. The van der Waals surface area contributed by atoms with Crippen LogP contribution in [0.5, 0.6) is 0 Å². The number of carbonyl (C=O) groups is 2. The van der Waals surface area contributed by atoms with Crippen LogP contribution in [0.2, 0.25) is 0 Å². The number of fused-ring (bicyclic) bond motifs is 1. The molecule has 0 aliphatic rings. The summed E-state index contributed by atoms with van der Waals surface area (Å²) in [4.78, 5) is 23.3. The van der Waals surface area contributed by atoms with Gasteiger partial charge in [0.15, 0.2) is 5.76 Å². The highest BCUT2D eigenvalue weighted by Crippen LogP contribution is 2.29. The highest BCUT2D eigenvalue weighted by Gasteiger charge is 2.17. The maximum Gasteiger partial charge on any atom is 0.345 e. The van der Waals surface area contributed by atoms with Gasteiger partial charge in [0.2, 0.25) is 0 Å². The SMILES string of the molecule is O=C(Nc1[nH]nc2sc(C(=O)O)cc12)c1ccco1. The van der Waals surface area contributed by atoms with Crippen molar-refractivity contribution in [2.45, 2.75) is 0 Å². The zero-order chi connectivity index (χ0) is 13.4. The first kappa shape index (κ1) is 11.5. The average molecular weight is 277 g/mol. The molecule has 7 nitrogen and oxygen atoms in total. The Kier molecular flexibility index (Phi) is 2.57. The summed E-state index contributed by atoms with van der Waals surface area (Å²) in [5.74, 6) is -0.943. The van der Waals surface area contributed by atoms with Gasteiger partial charge >= 0.3 is 5.97 Å². The number of hydrogen-bond donors (Lipinski definition) is 3. The molecule has 1 amide bonds. The van der Waals surface area contributed by atoms with Crippen molar-refractivity contribution < 1.29 is 19.1 Å².